The molecule has 0 aliphatic carbocycles. The van der Waals surface area contributed by atoms with Crippen LogP contribution in [0.5, 0.6) is 5.75 Å². The summed E-state index contributed by atoms with van der Waals surface area (Å²) in [5.74, 6) is 2.07. The highest BCUT2D eigenvalue weighted by molar-refractivity contribution is 5.97. The Bertz CT molecular complexity index is 1190. The number of carbonyl (C=O) groups excluding carboxylic acids is 1. The number of H-pyrrole nitrogens is 1. The second-order valence-electron chi connectivity index (χ2n) is 6.74. The largest absolute Gasteiger partial charge is 0.497 e. The third kappa shape index (κ3) is 3.65. The van der Waals surface area contributed by atoms with E-state index in [0.717, 1.165) is 39.7 Å². The molecule has 2 aromatic carbocycles. The van der Waals surface area contributed by atoms with Crippen LogP contribution in [0.15, 0.2) is 48.7 Å². The summed E-state index contributed by atoms with van der Waals surface area (Å²) in [6, 6.07) is 13.2. The van der Waals surface area contributed by atoms with Crippen LogP contribution in [0.1, 0.15) is 10.4 Å². The van der Waals surface area contributed by atoms with Gasteiger partial charge in [0.25, 0.3) is 5.91 Å². The molecule has 0 spiro atoms. The van der Waals surface area contributed by atoms with Gasteiger partial charge in [0.2, 0.25) is 0 Å². The Balaban J connectivity index is 1.79. The van der Waals surface area contributed by atoms with Crippen LogP contribution in [0.25, 0.3) is 33.9 Å². The van der Waals surface area contributed by atoms with Gasteiger partial charge in [-0.05, 0) is 30.3 Å². The number of fused-ring (bicyclic) bond motifs is 1. The number of benzene rings is 2. The topological polar surface area (TPSA) is 94.1 Å². The lowest BCUT2D eigenvalue weighted by Gasteiger charge is -2.07. The van der Waals surface area contributed by atoms with Gasteiger partial charge in [-0.25, -0.2) is 9.97 Å². The first-order chi connectivity index (χ1) is 14.6. The highest BCUT2D eigenvalue weighted by Crippen LogP contribution is 2.27. The van der Waals surface area contributed by atoms with Gasteiger partial charge in [0, 0.05) is 31.8 Å². The van der Waals surface area contributed by atoms with Gasteiger partial charge in [0.15, 0.2) is 5.82 Å². The minimum absolute atomic E-state index is 0.147. The lowest BCUT2D eigenvalue weighted by molar-refractivity contribution is 0.0963. The molecule has 2 N–H and O–H groups in total. The number of imidazole rings is 2. The van der Waals surface area contributed by atoms with Crippen LogP contribution in [0.3, 0.4) is 0 Å². The van der Waals surface area contributed by atoms with Crippen LogP contribution in [-0.2, 0) is 11.3 Å². The molecule has 8 nitrogen and oxygen atoms in total. The fourth-order valence-electron chi connectivity index (χ4n) is 3.38. The molecule has 0 unspecified atom stereocenters. The lowest BCUT2D eigenvalue weighted by atomic mass is 10.2. The summed E-state index contributed by atoms with van der Waals surface area (Å²) in [7, 11) is 4.91. The van der Waals surface area contributed by atoms with Crippen molar-refractivity contribution in [3.05, 3.63) is 54.2 Å². The highest BCUT2D eigenvalue weighted by atomic mass is 16.5. The van der Waals surface area contributed by atoms with Crippen LogP contribution in [-0.4, -0.2) is 53.3 Å². The number of hydrogen-bond acceptors (Lipinski definition) is 5. The molecule has 2 aromatic heterocycles. The molecule has 0 saturated carbocycles. The van der Waals surface area contributed by atoms with Gasteiger partial charge < -0.3 is 24.3 Å². The number of aromatic amines is 1. The normalized spacial score (nSPS) is 11.0. The summed E-state index contributed by atoms with van der Waals surface area (Å²) in [6.07, 6.45) is 1.76. The van der Waals surface area contributed by atoms with Crippen LogP contribution in [0.4, 0.5) is 0 Å². The molecule has 0 saturated heterocycles. The molecule has 30 heavy (non-hydrogen) atoms. The molecule has 0 aliphatic rings. The van der Waals surface area contributed by atoms with Crippen molar-refractivity contribution in [2.24, 2.45) is 0 Å². The summed E-state index contributed by atoms with van der Waals surface area (Å²) in [5.41, 5.74) is 3.92. The Morgan fingerprint density at radius 3 is 2.83 bits per heavy atom. The van der Waals surface area contributed by atoms with E-state index in [0.29, 0.717) is 18.7 Å². The molecule has 0 fully saturated rings. The number of hydrogen-bond donors (Lipinski definition) is 2. The molecule has 8 heteroatoms. The van der Waals surface area contributed by atoms with E-state index in [2.05, 4.69) is 19.9 Å². The average molecular weight is 405 g/mol. The second-order valence-corrected chi connectivity index (χ2v) is 6.74. The number of aromatic nitrogens is 4. The van der Waals surface area contributed by atoms with Crippen LogP contribution in [0.2, 0.25) is 0 Å². The van der Waals surface area contributed by atoms with Gasteiger partial charge >= 0.3 is 0 Å². The molecule has 4 rings (SSSR count). The van der Waals surface area contributed by atoms with Crippen molar-refractivity contribution in [1.29, 1.82) is 0 Å². The van der Waals surface area contributed by atoms with Crippen LogP contribution in [0, 0.1) is 0 Å². The molecule has 2 heterocycles. The minimum atomic E-state index is -0.147. The first-order valence-corrected chi connectivity index (χ1v) is 9.55. The van der Waals surface area contributed by atoms with Crippen molar-refractivity contribution in [3.8, 4) is 28.7 Å². The molecule has 0 aliphatic heterocycles. The zero-order valence-corrected chi connectivity index (χ0v) is 17.1. The van der Waals surface area contributed by atoms with Crippen molar-refractivity contribution in [3.63, 3.8) is 0 Å². The smallest absolute Gasteiger partial charge is 0.251 e. The average Bonchev–Trinajstić information content (AvgIpc) is 3.41. The maximum atomic E-state index is 12.0. The van der Waals surface area contributed by atoms with E-state index >= 15 is 0 Å². The number of carbonyl (C=O) groups is 1. The quantitative estimate of drug-likeness (QED) is 0.493. The number of nitrogens with zero attached hydrogens (tertiary/aromatic N) is 3. The Labute approximate surface area is 173 Å². The monoisotopic (exact) mass is 405 g/mol. The standard InChI is InChI=1S/C22H23N5O3/c1-23-22(28)15-7-8-19-17(12-15)26-21(27(19)9-10-29-2)18-13-24-20(25-18)14-5-4-6-16(11-14)30-3/h4-8,11-13H,9-10H2,1-3H3,(H,23,28)(H,24,25). The van der Waals surface area contributed by atoms with Crippen molar-refractivity contribution in [2.45, 2.75) is 6.54 Å². The number of methoxy groups -OCH3 is 2. The van der Waals surface area contributed by atoms with E-state index < -0.39 is 0 Å². The number of nitrogens with one attached hydrogen (secondary N) is 2. The van der Waals surface area contributed by atoms with Crippen molar-refractivity contribution >= 4 is 16.9 Å². The Morgan fingerprint density at radius 2 is 2.07 bits per heavy atom. The number of amides is 1. The first kappa shape index (κ1) is 19.7. The maximum Gasteiger partial charge on any atom is 0.251 e. The van der Waals surface area contributed by atoms with Gasteiger partial charge in [0.05, 0.1) is 30.9 Å². The fourth-order valence-corrected chi connectivity index (χ4v) is 3.38. The van der Waals surface area contributed by atoms with Gasteiger partial charge in [-0.15, -0.1) is 0 Å². The molecular formula is C22H23N5O3. The SMILES string of the molecule is CNC(=O)c1ccc2c(c1)nc(-c1cnc(-c3cccc(OC)c3)[nH]1)n2CCOC. The van der Waals surface area contributed by atoms with E-state index in [9.17, 15) is 4.79 Å². The van der Waals surface area contributed by atoms with E-state index in [-0.39, 0.29) is 5.91 Å². The molecule has 0 atom stereocenters. The molecule has 154 valence electrons. The number of ether oxygens (including phenoxy) is 2. The zero-order chi connectivity index (χ0) is 21.1. The van der Waals surface area contributed by atoms with E-state index in [1.807, 2.05) is 30.3 Å². The lowest BCUT2D eigenvalue weighted by Crippen LogP contribution is -2.17. The van der Waals surface area contributed by atoms with E-state index in [4.69, 9.17) is 14.5 Å². The predicted molar refractivity (Wildman–Crippen MR) is 115 cm³/mol. The van der Waals surface area contributed by atoms with Crippen molar-refractivity contribution in [1.82, 2.24) is 24.8 Å². The van der Waals surface area contributed by atoms with Crippen LogP contribution < -0.4 is 10.1 Å². The van der Waals surface area contributed by atoms with Gasteiger partial charge in [-0.2, -0.15) is 0 Å². The van der Waals surface area contributed by atoms with Crippen molar-refractivity contribution < 1.29 is 14.3 Å². The summed E-state index contributed by atoms with van der Waals surface area (Å²) in [4.78, 5) is 24.7. The van der Waals surface area contributed by atoms with Gasteiger partial charge in [0.1, 0.15) is 17.3 Å². The van der Waals surface area contributed by atoms with E-state index in [1.54, 1.807) is 39.6 Å². The molecule has 0 radical (unpaired) electrons. The third-order valence-electron chi connectivity index (χ3n) is 4.92. The molecule has 4 aromatic rings. The third-order valence-corrected chi connectivity index (χ3v) is 4.92. The van der Waals surface area contributed by atoms with Crippen LogP contribution >= 0.6 is 0 Å². The summed E-state index contributed by atoms with van der Waals surface area (Å²) in [6.45, 7) is 1.15. The second kappa shape index (κ2) is 8.38. The Morgan fingerprint density at radius 1 is 1.20 bits per heavy atom. The predicted octanol–water partition coefficient (Wildman–Crippen LogP) is 3.11. The zero-order valence-electron chi connectivity index (χ0n) is 17.1. The maximum absolute atomic E-state index is 12.0. The Kier molecular flexibility index (Phi) is 5.49. The fraction of sp³-hybridized carbons (Fsp3) is 0.227. The minimum Gasteiger partial charge on any atom is -0.497 e. The number of rotatable bonds is 7. The van der Waals surface area contributed by atoms with Gasteiger partial charge in [-0.1, -0.05) is 12.1 Å². The molecule has 0 bridgehead atoms. The summed E-state index contributed by atoms with van der Waals surface area (Å²) in [5, 5.41) is 2.64. The van der Waals surface area contributed by atoms with Crippen molar-refractivity contribution in [2.75, 3.05) is 27.9 Å². The summed E-state index contributed by atoms with van der Waals surface area (Å²) >= 11 is 0. The van der Waals surface area contributed by atoms with E-state index in [1.165, 1.54) is 0 Å². The van der Waals surface area contributed by atoms with Gasteiger partial charge in [-0.3, -0.25) is 4.79 Å². The first-order valence-electron chi connectivity index (χ1n) is 9.55. The molecule has 1 amide bonds. The molecular weight excluding hydrogens is 382 g/mol. The Hall–Kier alpha value is -3.65. The highest BCUT2D eigenvalue weighted by Gasteiger charge is 2.17. The summed E-state index contributed by atoms with van der Waals surface area (Å²) < 4.78 is 12.7.